The maximum Gasteiger partial charge on any atom is 0.161 e. The molecule has 2 aromatic carbocycles. The number of carbonyl (C=O) groups excluding carboxylic acids is 1. The van der Waals surface area contributed by atoms with Crippen LogP contribution in [-0.4, -0.2) is 34.2 Å². The molecule has 0 heterocycles. The number of methoxy groups -OCH3 is 3. The SMILES string of the molecule is COc1ccc(C(C=O)COc2ccccc2OC)cc1OC. The molecule has 1 atom stereocenters. The average Bonchev–Trinajstić information content (AvgIpc) is 2.62. The second-order valence-electron chi connectivity index (χ2n) is 4.82. The average molecular weight is 316 g/mol. The molecular formula is C18H20O5. The van der Waals surface area contributed by atoms with Crippen LogP contribution in [0.25, 0.3) is 0 Å². The van der Waals surface area contributed by atoms with Crippen LogP contribution in [0, 0.1) is 0 Å². The molecule has 0 aliphatic rings. The monoisotopic (exact) mass is 316 g/mol. The van der Waals surface area contributed by atoms with Crippen LogP contribution in [0.5, 0.6) is 23.0 Å². The third kappa shape index (κ3) is 3.94. The first-order chi connectivity index (χ1) is 11.2. The van der Waals surface area contributed by atoms with E-state index >= 15 is 0 Å². The van der Waals surface area contributed by atoms with Crippen molar-refractivity contribution < 1.29 is 23.7 Å². The van der Waals surface area contributed by atoms with Gasteiger partial charge in [-0.2, -0.15) is 0 Å². The smallest absolute Gasteiger partial charge is 0.161 e. The number of carbonyl (C=O) groups is 1. The minimum Gasteiger partial charge on any atom is -0.493 e. The molecular weight excluding hydrogens is 296 g/mol. The molecule has 122 valence electrons. The predicted octanol–water partition coefficient (Wildman–Crippen LogP) is 3.07. The minimum absolute atomic E-state index is 0.208. The Morgan fingerprint density at radius 2 is 1.48 bits per heavy atom. The number of hydrogen-bond donors (Lipinski definition) is 0. The third-order valence-corrected chi connectivity index (χ3v) is 3.49. The summed E-state index contributed by atoms with van der Waals surface area (Å²) in [6, 6.07) is 12.7. The Balaban J connectivity index is 2.15. The first-order valence-corrected chi connectivity index (χ1v) is 7.16. The van der Waals surface area contributed by atoms with Crippen molar-refractivity contribution in [2.24, 2.45) is 0 Å². The minimum atomic E-state index is -0.417. The lowest BCUT2D eigenvalue weighted by Gasteiger charge is -2.16. The second-order valence-corrected chi connectivity index (χ2v) is 4.82. The Kier molecular flexibility index (Phi) is 5.86. The topological polar surface area (TPSA) is 54.0 Å². The number of benzene rings is 2. The molecule has 2 rings (SSSR count). The molecule has 5 nitrogen and oxygen atoms in total. The molecule has 23 heavy (non-hydrogen) atoms. The molecule has 0 radical (unpaired) electrons. The number of aldehydes is 1. The zero-order valence-electron chi connectivity index (χ0n) is 13.4. The zero-order chi connectivity index (χ0) is 16.7. The summed E-state index contributed by atoms with van der Waals surface area (Å²) < 4.78 is 21.4. The molecule has 0 bridgehead atoms. The summed E-state index contributed by atoms with van der Waals surface area (Å²) >= 11 is 0. The van der Waals surface area contributed by atoms with Crippen molar-refractivity contribution in [3.8, 4) is 23.0 Å². The van der Waals surface area contributed by atoms with Gasteiger partial charge in [0.05, 0.1) is 27.2 Å². The fourth-order valence-electron chi connectivity index (χ4n) is 2.22. The highest BCUT2D eigenvalue weighted by atomic mass is 16.5. The van der Waals surface area contributed by atoms with Crippen LogP contribution in [-0.2, 0) is 4.79 Å². The molecule has 5 heteroatoms. The summed E-state index contributed by atoms with van der Waals surface area (Å²) in [5.41, 5.74) is 0.799. The third-order valence-electron chi connectivity index (χ3n) is 3.49. The number of para-hydroxylation sites is 2. The number of ether oxygens (including phenoxy) is 4. The highest BCUT2D eigenvalue weighted by Crippen LogP contribution is 2.31. The summed E-state index contributed by atoms with van der Waals surface area (Å²) in [6.45, 7) is 0.208. The molecule has 0 aliphatic carbocycles. The molecule has 0 aliphatic heterocycles. The molecule has 0 saturated heterocycles. The van der Waals surface area contributed by atoms with Crippen LogP contribution >= 0.6 is 0 Å². The van der Waals surface area contributed by atoms with E-state index in [9.17, 15) is 4.79 Å². The zero-order valence-corrected chi connectivity index (χ0v) is 13.4. The van der Waals surface area contributed by atoms with Crippen molar-refractivity contribution in [2.45, 2.75) is 5.92 Å². The second kappa shape index (κ2) is 8.08. The van der Waals surface area contributed by atoms with Crippen LogP contribution < -0.4 is 18.9 Å². The van der Waals surface area contributed by atoms with E-state index in [-0.39, 0.29) is 6.61 Å². The van der Waals surface area contributed by atoms with Gasteiger partial charge in [-0.3, -0.25) is 0 Å². The Bertz CT molecular complexity index is 654. The lowest BCUT2D eigenvalue weighted by Crippen LogP contribution is -2.12. The Morgan fingerprint density at radius 3 is 2.09 bits per heavy atom. The molecule has 0 amide bonds. The van der Waals surface area contributed by atoms with Gasteiger partial charge in [0, 0.05) is 0 Å². The highest BCUT2D eigenvalue weighted by Gasteiger charge is 2.15. The van der Waals surface area contributed by atoms with Gasteiger partial charge in [0.2, 0.25) is 0 Å². The summed E-state index contributed by atoms with van der Waals surface area (Å²) in [5, 5.41) is 0. The van der Waals surface area contributed by atoms with Gasteiger partial charge in [0.15, 0.2) is 23.0 Å². The van der Waals surface area contributed by atoms with Crippen molar-refractivity contribution in [1.82, 2.24) is 0 Å². The quantitative estimate of drug-likeness (QED) is 0.701. The number of hydrogen-bond acceptors (Lipinski definition) is 5. The molecule has 1 unspecified atom stereocenters. The standard InChI is InChI=1S/C18H20O5/c1-20-15-6-4-5-7-17(15)23-12-14(11-19)13-8-9-16(21-2)18(10-13)22-3/h4-11,14H,12H2,1-3H3. The van der Waals surface area contributed by atoms with Crippen LogP contribution in [0.2, 0.25) is 0 Å². The maximum absolute atomic E-state index is 11.5. The van der Waals surface area contributed by atoms with Gasteiger partial charge in [0.1, 0.15) is 12.9 Å². The van der Waals surface area contributed by atoms with Crippen molar-refractivity contribution in [3.63, 3.8) is 0 Å². The van der Waals surface area contributed by atoms with Gasteiger partial charge < -0.3 is 23.7 Å². The fraction of sp³-hybridized carbons (Fsp3) is 0.278. The summed E-state index contributed by atoms with van der Waals surface area (Å²) in [5.74, 6) is 2.01. The lowest BCUT2D eigenvalue weighted by atomic mass is 10.0. The van der Waals surface area contributed by atoms with E-state index in [0.717, 1.165) is 11.8 Å². The molecule has 0 N–H and O–H groups in total. The van der Waals surface area contributed by atoms with E-state index in [1.54, 1.807) is 39.5 Å². The van der Waals surface area contributed by atoms with Gasteiger partial charge in [-0.25, -0.2) is 0 Å². The van der Waals surface area contributed by atoms with E-state index in [1.165, 1.54) is 0 Å². The fourth-order valence-corrected chi connectivity index (χ4v) is 2.22. The molecule has 0 aromatic heterocycles. The highest BCUT2D eigenvalue weighted by molar-refractivity contribution is 5.64. The van der Waals surface area contributed by atoms with Crippen molar-refractivity contribution in [2.75, 3.05) is 27.9 Å². The normalized spacial score (nSPS) is 11.4. The van der Waals surface area contributed by atoms with Gasteiger partial charge in [-0.05, 0) is 29.8 Å². The Labute approximate surface area is 135 Å². The summed E-state index contributed by atoms with van der Waals surface area (Å²) in [7, 11) is 4.70. The number of rotatable bonds is 8. The van der Waals surface area contributed by atoms with Gasteiger partial charge >= 0.3 is 0 Å². The molecule has 0 saturated carbocycles. The van der Waals surface area contributed by atoms with E-state index < -0.39 is 5.92 Å². The maximum atomic E-state index is 11.5. The van der Waals surface area contributed by atoms with Crippen molar-refractivity contribution in [3.05, 3.63) is 48.0 Å². The summed E-state index contributed by atoms with van der Waals surface area (Å²) in [4.78, 5) is 11.5. The van der Waals surface area contributed by atoms with Gasteiger partial charge in [-0.1, -0.05) is 18.2 Å². The Morgan fingerprint density at radius 1 is 0.870 bits per heavy atom. The lowest BCUT2D eigenvalue weighted by molar-refractivity contribution is -0.109. The predicted molar refractivity (Wildman–Crippen MR) is 86.8 cm³/mol. The molecule has 2 aromatic rings. The van der Waals surface area contributed by atoms with Gasteiger partial charge in [-0.15, -0.1) is 0 Å². The van der Waals surface area contributed by atoms with E-state index in [4.69, 9.17) is 18.9 Å². The Hall–Kier alpha value is -2.69. The molecule has 0 fully saturated rings. The van der Waals surface area contributed by atoms with E-state index in [0.29, 0.717) is 23.0 Å². The summed E-state index contributed by atoms with van der Waals surface area (Å²) in [6.07, 6.45) is 0.858. The van der Waals surface area contributed by atoms with Crippen LogP contribution in [0.15, 0.2) is 42.5 Å². The largest absolute Gasteiger partial charge is 0.493 e. The van der Waals surface area contributed by atoms with Crippen LogP contribution in [0.4, 0.5) is 0 Å². The van der Waals surface area contributed by atoms with E-state index in [1.807, 2.05) is 24.3 Å². The molecule has 0 spiro atoms. The van der Waals surface area contributed by atoms with Crippen LogP contribution in [0.1, 0.15) is 11.5 Å². The van der Waals surface area contributed by atoms with Crippen LogP contribution in [0.3, 0.4) is 0 Å². The first kappa shape index (κ1) is 16.7. The first-order valence-electron chi connectivity index (χ1n) is 7.16. The van der Waals surface area contributed by atoms with Gasteiger partial charge in [0.25, 0.3) is 0 Å². The van der Waals surface area contributed by atoms with Crippen molar-refractivity contribution >= 4 is 6.29 Å². The van der Waals surface area contributed by atoms with Crippen molar-refractivity contribution in [1.29, 1.82) is 0 Å². The van der Waals surface area contributed by atoms with E-state index in [2.05, 4.69) is 0 Å².